The summed E-state index contributed by atoms with van der Waals surface area (Å²) in [5, 5.41) is 0. The Morgan fingerprint density at radius 2 is 1.89 bits per heavy atom. The zero-order valence-corrected chi connectivity index (χ0v) is 11.9. The van der Waals surface area contributed by atoms with Crippen LogP contribution in [0.5, 0.6) is 5.75 Å². The first-order valence-corrected chi connectivity index (χ1v) is 6.88. The van der Waals surface area contributed by atoms with Gasteiger partial charge in [-0.05, 0) is 32.5 Å². The van der Waals surface area contributed by atoms with Crippen molar-refractivity contribution >= 4 is 0 Å². The quantitative estimate of drug-likeness (QED) is 0.771. The van der Waals surface area contributed by atoms with Gasteiger partial charge in [0, 0.05) is 18.7 Å². The van der Waals surface area contributed by atoms with E-state index in [1.807, 2.05) is 24.3 Å². The van der Waals surface area contributed by atoms with Crippen molar-refractivity contribution in [3.05, 3.63) is 29.8 Å². The Kier molecular flexibility index (Phi) is 6.76. The Labute approximate surface area is 111 Å². The Hall–Kier alpha value is -1.06. The van der Waals surface area contributed by atoms with Gasteiger partial charge < -0.3 is 15.4 Å². The highest BCUT2D eigenvalue weighted by Crippen LogP contribution is 2.19. The molecule has 0 aliphatic rings. The van der Waals surface area contributed by atoms with Crippen LogP contribution in [0.25, 0.3) is 0 Å². The van der Waals surface area contributed by atoms with Gasteiger partial charge in [-0.3, -0.25) is 0 Å². The molecule has 1 unspecified atom stereocenters. The fourth-order valence-corrected chi connectivity index (χ4v) is 1.97. The molecular formula is C15H26N2O. The predicted molar refractivity (Wildman–Crippen MR) is 76.8 cm³/mol. The number of hydrogen-bond donors (Lipinski definition) is 1. The maximum atomic E-state index is 5.97. The molecule has 0 heterocycles. The molecule has 0 radical (unpaired) electrons. The van der Waals surface area contributed by atoms with E-state index in [9.17, 15) is 0 Å². The molecule has 18 heavy (non-hydrogen) atoms. The zero-order valence-electron chi connectivity index (χ0n) is 11.9. The van der Waals surface area contributed by atoms with Gasteiger partial charge in [-0.1, -0.05) is 32.0 Å². The van der Waals surface area contributed by atoms with Crippen molar-refractivity contribution in [3.63, 3.8) is 0 Å². The van der Waals surface area contributed by atoms with Crippen LogP contribution in [0.15, 0.2) is 24.3 Å². The van der Waals surface area contributed by atoms with E-state index in [4.69, 9.17) is 10.5 Å². The summed E-state index contributed by atoms with van der Waals surface area (Å²) in [7, 11) is 0. The van der Waals surface area contributed by atoms with Crippen LogP contribution in [0.4, 0.5) is 0 Å². The second kappa shape index (κ2) is 8.11. The minimum Gasteiger partial charge on any atom is -0.490 e. The average Bonchev–Trinajstić information content (AvgIpc) is 2.40. The first kappa shape index (κ1) is 15.0. The number of rotatable bonds is 8. The molecule has 1 atom stereocenters. The zero-order chi connectivity index (χ0) is 13.4. The standard InChI is InChI=1S/C15H26N2O/c1-4-17(5-2)11-10-13(3)18-15-9-7-6-8-14(15)12-16/h6-9,13H,4-5,10-12,16H2,1-3H3. The lowest BCUT2D eigenvalue weighted by atomic mass is 10.2. The van der Waals surface area contributed by atoms with Crippen LogP contribution in [0.2, 0.25) is 0 Å². The topological polar surface area (TPSA) is 38.5 Å². The number of nitrogens with two attached hydrogens (primary N) is 1. The SMILES string of the molecule is CCN(CC)CCC(C)Oc1ccccc1CN. The first-order valence-electron chi connectivity index (χ1n) is 6.88. The Morgan fingerprint density at radius 1 is 1.22 bits per heavy atom. The van der Waals surface area contributed by atoms with Gasteiger partial charge in [0.15, 0.2) is 0 Å². The maximum Gasteiger partial charge on any atom is 0.124 e. The molecule has 0 bridgehead atoms. The van der Waals surface area contributed by atoms with Gasteiger partial charge in [-0.2, -0.15) is 0 Å². The molecule has 3 nitrogen and oxygen atoms in total. The third-order valence-electron chi connectivity index (χ3n) is 3.27. The van der Waals surface area contributed by atoms with Crippen LogP contribution in [0, 0.1) is 0 Å². The lowest BCUT2D eigenvalue weighted by Crippen LogP contribution is -2.28. The summed E-state index contributed by atoms with van der Waals surface area (Å²) >= 11 is 0. The van der Waals surface area contributed by atoms with Gasteiger partial charge in [0.05, 0.1) is 6.10 Å². The van der Waals surface area contributed by atoms with Crippen LogP contribution in [-0.2, 0) is 6.54 Å². The Balaban J connectivity index is 2.46. The van der Waals surface area contributed by atoms with Crippen LogP contribution in [0.3, 0.4) is 0 Å². The van der Waals surface area contributed by atoms with Gasteiger partial charge in [-0.25, -0.2) is 0 Å². The molecule has 0 saturated heterocycles. The Morgan fingerprint density at radius 3 is 2.50 bits per heavy atom. The van der Waals surface area contributed by atoms with Crippen molar-refractivity contribution in [3.8, 4) is 5.75 Å². The second-order valence-electron chi connectivity index (χ2n) is 4.56. The van der Waals surface area contributed by atoms with Crippen molar-refractivity contribution in [2.75, 3.05) is 19.6 Å². The number of benzene rings is 1. The summed E-state index contributed by atoms with van der Waals surface area (Å²) in [6.45, 7) is 10.3. The van der Waals surface area contributed by atoms with Gasteiger partial charge in [-0.15, -0.1) is 0 Å². The van der Waals surface area contributed by atoms with E-state index in [-0.39, 0.29) is 6.10 Å². The average molecular weight is 250 g/mol. The number of ether oxygens (including phenoxy) is 1. The summed E-state index contributed by atoms with van der Waals surface area (Å²) < 4.78 is 5.97. The third kappa shape index (κ3) is 4.67. The maximum absolute atomic E-state index is 5.97. The minimum atomic E-state index is 0.221. The van der Waals surface area contributed by atoms with Gasteiger partial charge >= 0.3 is 0 Å². The molecule has 1 rings (SSSR count). The van der Waals surface area contributed by atoms with Crippen molar-refractivity contribution in [1.29, 1.82) is 0 Å². The lowest BCUT2D eigenvalue weighted by molar-refractivity contribution is 0.180. The van der Waals surface area contributed by atoms with Crippen molar-refractivity contribution in [1.82, 2.24) is 4.90 Å². The predicted octanol–water partition coefficient (Wildman–Crippen LogP) is 2.64. The summed E-state index contributed by atoms with van der Waals surface area (Å²) in [5.74, 6) is 0.923. The van der Waals surface area contributed by atoms with E-state index < -0.39 is 0 Å². The fourth-order valence-electron chi connectivity index (χ4n) is 1.97. The summed E-state index contributed by atoms with van der Waals surface area (Å²) in [6, 6.07) is 8.00. The largest absolute Gasteiger partial charge is 0.490 e. The monoisotopic (exact) mass is 250 g/mol. The van der Waals surface area contributed by atoms with E-state index in [0.29, 0.717) is 6.54 Å². The molecule has 102 valence electrons. The van der Waals surface area contributed by atoms with E-state index in [2.05, 4.69) is 25.7 Å². The molecule has 2 N–H and O–H groups in total. The number of hydrogen-bond acceptors (Lipinski definition) is 3. The second-order valence-corrected chi connectivity index (χ2v) is 4.56. The van der Waals surface area contributed by atoms with Gasteiger partial charge in [0.2, 0.25) is 0 Å². The minimum absolute atomic E-state index is 0.221. The summed E-state index contributed by atoms with van der Waals surface area (Å²) in [4.78, 5) is 2.41. The molecule has 0 spiro atoms. The number of para-hydroxylation sites is 1. The van der Waals surface area contributed by atoms with Crippen LogP contribution in [0.1, 0.15) is 32.8 Å². The normalized spacial score (nSPS) is 12.7. The Bertz CT molecular complexity index is 337. The molecule has 0 fully saturated rings. The molecule has 1 aromatic carbocycles. The van der Waals surface area contributed by atoms with Crippen molar-refractivity contribution < 1.29 is 4.74 Å². The van der Waals surface area contributed by atoms with E-state index in [1.165, 1.54) is 0 Å². The summed E-state index contributed by atoms with van der Waals surface area (Å²) in [6.07, 6.45) is 1.26. The smallest absolute Gasteiger partial charge is 0.124 e. The first-order chi connectivity index (χ1) is 8.71. The van der Waals surface area contributed by atoms with Crippen molar-refractivity contribution in [2.24, 2.45) is 5.73 Å². The molecule has 0 saturated carbocycles. The van der Waals surface area contributed by atoms with E-state index >= 15 is 0 Å². The fraction of sp³-hybridized carbons (Fsp3) is 0.600. The molecule has 0 aliphatic heterocycles. The third-order valence-corrected chi connectivity index (χ3v) is 3.27. The number of nitrogens with zero attached hydrogens (tertiary/aromatic N) is 1. The lowest BCUT2D eigenvalue weighted by Gasteiger charge is -2.22. The van der Waals surface area contributed by atoms with Crippen LogP contribution in [-0.4, -0.2) is 30.6 Å². The highest BCUT2D eigenvalue weighted by Gasteiger charge is 2.08. The molecule has 3 heteroatoms. The summed E-state index contributed by atoms with van der Waals surface area (Å²) in [5.41, 5.74) is 6.78. The van der Waals surface area contributed by atoms with Gasteiger partial charge in [0.1, 0.15) is 5.75 Å². The molecule has 0 aromatic heterocycles. The van der Waals surface area contributed by atoms with E-state index in [1.54, 1.807) is 0 Å². The van der Waals surface area contributed by atoms with Crippen molar-refractivity contribution in [2.45, 2.75) is 39.8 Å². The van der Waals surface area contributed by atoms with Crippen LogP contribution >= 0.6 is 0 Å². The van der Waals surface area contributed by atoms with Crippen LogP contribution < -0.4 is 10.5 Å². The highest BCUT2D eigenvalue weighted by atomic mass is 16.5. The molecule has 0 aliphatic carbocycles. The molecular weight excluding hydrogens is 224 g/mol. The van der Waals surface area contributed by atoms with Gasteiger partial charge in [0.25, 0.3) is 0 Å². The molecule has 0 amide bonds. The molecule has 1 aromatic rings. The highest BCUT2D eigenvalue weighted by molar-refractivity contribution is 5.33. The van der Waals surface area contributed by atoms with E-state index in [0.717, 1.165) is 37.4 Å².